The van der Waals surface area contributed by atoms with E-state index in [4.69, 9.17) is 0 Å². The van der Waals surface area contributed by atoms with E-state index in [1.54, 1.807) is 0 Å². The number of nitriles is 1. The second-order valence-electron chi connectivity index (χ2n) is 11.0. The Morgan fingerprint density at radius 3 is 2.64 bits per heavy atom. The van der Waals surface area contributed by atoms with Crippen LogP contribution in [0.5, 0.6) is 0 Å². The minimum atomic E-state index is -0.492. The van der Waals surface area contributed by atoms with E-state index in [0.717, 1.165) is 62.6 Å². The molecule has 1 aromatic carbocycles. The number of hydrogen-bond acceptors (Lipinski definition) is 4. The van der Waals surface area contributed by atoms with Crippen molar-refractivity contribution in [2.75, 3.05) is 13.1 Å². The number of carbonyl (C=O) groups excluding carboxylic acids is 2. The van der Waals surface area contributed by atoms with E-state index in [9.17, 15) is 14.9 Å². The van der Waals surface area contributed by atoms with Gasteiger partial charge in [0.15, 0.2) is 0 Å². The molecule has 4 rings (SSSR count). The molecule has 7 heteroatoms. The fourth-order valence-electron chi connectivity index (χ4n) is 5.88. The third-order valence-electron chi connectivity index (χ3n) is 7.86. The summed E-state index contributed by atoms with van der Waals surface area (Å²) in [5, 5.41) is 20.1. The Kier molecular flexibility index (Phi) is 9.03. The van der Waals surface area contributed by atoms with Gasteiger partial charge in [-0.3, -0.25) is 9.59 Å². The zero-order valence-corrected chi connectivity index (χ0v) is 21.8. The molecule has 2 aromatic rings. The second-order valence-corrected chi connectivity index (χ2v) is 11.0. The van der Waals surface area contributed by atoms with Crippen LogP contribution in [-0.4, -0.2) is 41.6 Å². The number of fused-ring (bicyclic) bond motifs is 1. The molecule has 2 amide bonds. The van der Waals surface area contributed by atoms with Crippen molar-refractivity contribution in [3.8, 4) is 6.07 Å². The molecule has 36 heavy (non-hydrogen) atoms. The van der Waals surface area contributed by atoms with E-state index < -0.39 is 6.04 Å². The van der Waals surface area contributed by atoms with Crippen molar-refractivity contribution in [1.29, 1.82) is 5.26 Å². The average molecular weight is 492 g/mol. The lowest BCUT2D eigenvalue weighted by molar-refractivity contribution is -0.127. The number of nitrogens with one attached hydrogen (secondary N) is 3. The maximum absolute atomic E-state index is 13.6. The minimum absolute atomic E-state index is 0.111. The Morgan fingerprint density at radius 2 is 1.89 bits per heavy atom. The number of amides is 2. The first-order valence-electron chi connectivity index (χ1n) is 13.8. The molecule has 1 saturated carbocycles. The van der Waals surface area contributed by atoms with Gasteiger partial charge in [0.1, 0.15) is 11.7 Å². The molecular formula is C29H41N5O2. The quantitative estimate of drug-likeness (QED) is 0.485. The highest BCUT2D eigenvalue weighted by Gasteiger charge is 2.34. The Labute approximate surface area is 215 Å². The molecule has 1 aliphatic heterocycles. The summed E-state index contributed by atoms with van der Waals surface area (Å²) in [7, 11) is 0. The lowest BCUT2D eigenvalue weighted by atomic mass is 9.83. The number of hydrogen-bond donors (Lipinski definition) is 3. The monoisotopic (exact) mass is 491 g/mol. The highest BCUT2D eigenvalue weighted by atomic mass is 16.2. The number of aromatic nitrogens is 1. The zero-order valence-electron chi connectivity index (χ0n) is 21.8. The first kappa shape index (κ1) is 26.2. The minimum Gasteiger partial charge on any atom is -0.347 e. The van der Waals surface area contributed by atoms with Crippen molar-refractivity contribution in [3.05, 3.63) is 36.0 Å². The third kappa shape index (κ3) is 6.47. The van der Waals surface area contributed by atoms with Gasteiger partial charge in [-0.25, -0.2) is 0 Å². The lowest BCUT2D eigenvalue weighted by Crippen LogP contribution is -2.50. The molecule has 0 unspecified atom stereocenters. The van der Waals surface area contributed by atoms with Crippen molar-refractivity contribution < 1.29 is 9.59 Å². The van der Waals surface area contributed by atoms with Gasteiger partial charge < -0.3 is 20.5 Å². The summed E-state index contributed by atoms with van der Waals surface area (Å²) in [4.78, 5) is 26.8. The molecule has 3 atom stereocenters. The molecule has 7 nitrogen and oxygen atoms in total. The topological polar surface area (TPSA) is 99.0 Å². The molecule has 1 aliphatic carbocycles. The molecule has 1 saturated heterocycles. The van der Waals surface area contributed by atoms with Crippen LogP contribution in [0.25, 0.3) is 10.9 Å². The molecule has 0 bridgehead atoms. The van der Waals surface area contributed by atoms with Crippen LogP contribution in [0.3, 0.4) is 0 Å². The van der Waals surface area contributed by atoms with Crippen LogP contribution in [-0.2, 0) is 11.3 Å². The Morgan fingerprint density at radius 1 is 1.14 bits per heavy atom. The smallest absolute Gasteiger partial charge is 0.268 e. The number of para-hydroxylation sites is 1. The van der Waals surface area contributed by atoms with Crippen LogP contribution in [0.2, 0.25) is 0 Å². The highest BCUT2D eigenvalue weighted by molar-refractivity contribution is 5.99. The molecule has 2 fully saturated rings. The fourth-order valence-corrected chi connectivity index (χ4v) is 5.88. The zero-order chi connectivity index (χ0) is 25.5. The Balaban J connectivity index is 1.49. The van der Waals surface area contributed by atoms with Gasteiger partial charge in [0.2, 0.25) is 5.91 Å². The largest absolute Gasteiger partial charge is 0.347 e. The van der Waals surface area contributed by atoms with Crippen LogP contribution in [0.4, 0.5) is 0 Å². The molecular weight excluding hydrogens is 450 g/mol. The van der Waals surface area contributed by atoms with Crippen LogP contribution >= 0.6 is 0 Å². The van der Waals surface area contributed by atoms with E-state index in [1.807, 2.05) is 32.0 Å². The summed E-state index contributed by atoms with van der Waals surface area (Å²) in [6.07, 6.45) is 7.50. The number of piperidine rings is 1. The van der Waals surface area contributed by atoms with Crippen molar-refractivity contribution in [1.82, 2.24) is 20.5 Å². The lowest BCUT2D eigenvalue weighted by Gasteiger charge is -2.32. The summed E-state index contributed by atoms with van der Waals surface area (Å²) >= 11 is 0. The number of nitrogens with zero attached hydrogens (tertiary/aromatic N) is 2. The maximum atomic E-state index is 13.6. The molecule has 194 valence electrons. The van der Waals surface area contributed by atoms with Crippen molar-refractivity contribution in [3.63, 3.8) is 0 Å². The number of rotatable bonds is 9. The number of carbonyl (C=O) groups is 2. The van der Waals surface area contributed by atoms with E-state index in [1.165, 1.54) is 12.8 Å². The van der Waals surface area contributed by atoms with E-state index >= 15 is 0 Å². The third-order valence-corrected chi connectivity index (χ3v) is 7.86. The summed E-state index contributed by atoms with van der Waals surface area (Å²) < 4.78 is 2.17. The van der Waals surface area contributed by atoms with Gasteiger partial charge in [0, 0.05) is 23.5 Å². The summed E-state index contributed by atoms with van der Waals surface area (Å²) in [5.74, 6) is 0.467. The average Bonchev–Trinajstić information content (AvgIpc) is 3.26. The summed E-state index contributed by atoms with van der Waals surface area (Å²) in [5.41, 5.74) is 1.75. The number of aryl methyl sites for hydroxylation is 1. The maximum Gasteiger partial charge on any atom is 0.268 e. The predicted molar refractivity (Wildman–Crippen MR) is 142 cm³/mol. The van der Waals surface area contributed by atoms with Crippen molar-refractivity contribution in [2.45, 2.75) is 83.8 Å². The van der Waals surface area contributed by atoms with E-state index in [0.29, 0.717) is 24.0 Å². The highest BCUT2D eigenvalue weighted by Crippen LogP contribution is 2.27. The van der Waals surface area contributed by atoms with Crippen LogP contribution in [0, 0.1) is 29.1 Å². The van der Waals surface area contributed by atoms with Crippen LogP contribution in [0.15, 0.2) is 30.3 Å². The Hall–Kier alpha value is -2.85. The molecule has 1 aromatic heterocycles. The van der Waals surface area contributed by atoms with Crippen LogP contribution in [0.1, 0.15) is 75.7 Å². The normalized spacial score (nSPS) is 21.7. The fraction of sp³-hybridized carbons (Fsp3) is 0.621. The van der Waals surface area contributed by atoms with E-state index in [-0.39, 0.29) is 23.8 Å². The van der Waals surface area contributed by atoms with Gasteiger partial charge in [-0.15, -0.1) is 0 Å². The number of benzene rings is 1. The summed E-state index contributed by atoms with van der Waals surface area (Å²) in [6, 6.07) is 11.7. The first-order chi connectivity index (χ1) is 17.5. The van der Waals surface area contributed by atoms with Crippen LogP contribution < -0.4 is 16.0 Å². The SMILES string of the molecule is CC(C)C[C@@H](C#N)NC(=O)[C@@H]1CCCC[C@@H]1NC(=O)c1cc2ccccc2n1CCC1CCNCC1. The van der Waals surface area contributed by atoms with Gasteiger partial charge in [0.05, 0.1) is 12.0 Å². The van der Waals surface area contributed by atoms with Crippen molar-refractivity contribution in [2.24, 2.45) is 17.8 Å². The van der Waals surface area contributed by atoms with Gasteiger partial charge in [-0.05, 0) is 75.6 Å². The van der Waals surface area contributed by atoms with Gasteiger partial charge in [-0.2, -0.15) is 5.26 Å². The second kappa shape index (κ2) is 12.4. The summed E-state index contributed by atoms with van der Waals surface area (Å²) in [6.45, 7) is 7.04. The van der Waals surface area contributed by atoms with Gasteiger partial charge in [-0.1, -0.05) is 44.9 Å². The molecule has 0 radical (unpaired) electrons. The van der Waals surface area contributed by atoms with Gasteiger partial charge >= 0.3 is 0 Å². The molecule has 0 spiro atoms. The van der Waals surface area contributed by atoms with E-state index in [2.05, 4.69) is 38.7 Å². The molecule has 2 aliphatic rings. The molecule has 2 heterocycles. The predicted octanol–water partition coefficient (Wildman–Crippen LogP) is 4.37. The van der Waals surface area contributed by atoms with Crippen molar-refractivity contribution >= 4 is 22.7 Å². The first-order valence-corrected chi connectivity index (χ1v) is 13.8. The standard InChI is InChI=1S/C29H41N5O2/c1-20(2)17-23(19-30)32-28(35)24-8-4-5-9-25(24)33-29(36)27-18-22-7-3-6-10-26(22)34(27)16-13-21-11-14-31-15-12-21/h3,6-7,10,18,20-21,23-25,31H,4-5,8-9,11-17H2,1-2H3,(H,32,35)(H,33,36)/t23-,24+,25-/m0/s1. The Bertz CT molecular complexity index is 1080. The van der Waals surface area contributed by atoms with Gasteiger partial charge in [0.25, 0.3) is 5.91 Å². The molecule has 3 N–H and O–H groups in total.